The van der Waals surface area contributed by atoms with E-state index in [9.17, 15) is 0 Å². The lowest BCUT2D eigenvalue weighted by Gasteiger charge is -2.54. The second-order valence-corrected chi connectivity index (χ2v) is 6.87. The lowest BCUT2D eigenvalue weighted by Crippen LogP contribution is -2.62. The third-order valence-electron chi connectivity index (χ3n) is 5.57. The van der Waals surface area contributed by atoms with Crippen LogP contribution in [0.4, 0.5) is 0 Å². The van der Waals surface area contributed by atoms with Gasteiger partial charge in [0.05, 0.1) is 6.10 Å². The van der Waals surface area contributed by atoms with Gasteiger partial charge in [0, 0.05) is 18.1 Å². The molecule has 0 saturated heterocycles. The molecule has 3 rings (SSSR count). The standard InChI is InChI=1S/C19H29NO/c1-3-21-18-14-17(19(18)10-4-5-11-19)20-12-9-16-8-6-7-15(2)13-16/h6-8,13,17-18,20H,3-5,9-12,14H2,1-2H3. The summed E-state index contributed by atoms with van der Waals surface area (Å²) in [6.07, 6.45) is 8.36. The van der Waals surface area contributed by atoms with Crippen LogP contribution in [-0.2, 0) is 11.2 Å². The Bertz CT molecular complexity index is 464. The Morgan fingerprint density at radius 1 is 1.29 bits per heavy atom. The highest BCUT2D eigenvalue weighted by molar-refractivity contribution is 5.22. The Labute approximate surface area is 129 Å². The second kappa shape index (κ2) is 6.50. The van der Waals surface area contributed by atoms with Gasteiger partial charge in [-0.3, -0.25) is 0 Å². The van der Waals surface area contributed by atoms with Gasteiger partial charge in [-0.15, -0.1) is 0 Å². The summed E-state index contributed by atoms with van der Waals surface area (Å²) in [5, 5.41) is 3.83. The highest BCUT2D eigenvalue weighted by atomic mass is 16.5. The first-order valence-corrected chi connectivity index (χ1v) is 8.65. The Hall–Kier alpha value is -0.860. The molecule has 1 N–H and O–H groups in total. The monoisotopic (exact) mass is 287 g/mol. The first kappa shape index (κ1) is 15.1. The van der Waals surface area contributed by atoms with Gasteiger partial charge in [0.1, 0.15) is 0 Å². The van der Waals surface area contributed by atoms with Crippen LogP contribution in [0, 0.1) is 12.3 Å². The zero-order valence-corrected chi connectivity index (χ0v) is 13.5. The van der Waals surface area contributed by atoms with E-state index in [2.05, 4.69) is 43.4 Å². The first-order chi connectivity index (χ1) is 10.2. The van der Waals surface area contributed by atoms with Crippen LogP contribution in [0.25, 0.3) is 0 Å². The van der Waals surface area contributed by atoms with Crippen LogP contribution >= 0.6 is 0 Å². The highest BCUT2D eigenvalue weighted by Crippen LogP contribution is 2.54. The molecule has 2 atom stereocenters. The molecule has 2 aliphatic rings. The van der Waals surface area contributed by atoms with Crippen LogP contribution < -0.4 is 5.32 Å². The fourth-order valence-electron chi connectivity index (χ4n) is 4.43. The van der Waals surface area contributed by atoms with Crippen molar-refractivity contribution in [1.82, 2.24) is 5.32 Å². The van der Waals surface area contributed by atoms with Gasteiger partial charge < -0.3 is 10.1 Å². The van der Waals surface area contributed by atoms with E-state index in [4.69, 9.17) is 4.74 Å². The van der Waals surface area contributed by atoms with Crippen molar-refractivity contribution in [1.29, 1.82) is 0 Å². The van der Waals surface area contributed by atoms with Crippen molar-refractivity contribution < 1.29 is 4.74 Å². The first-order valence-electron chi connectivity index (χ1n) is 8.65. The van der Waals surface area contributed by atoms with Crippen molar-refractivity contribution in [2.75, 3.05) is 13.2 Å². The smallest absolute Gasteiger partial charge is 0.0661 e. The number of aryl methyl sites for hydroxylation is 1. The molecule has 0 aromatic heterocycles. The molecule has 0 radical (unpaired) electrons. The van der Waals surface area contributed by atoms with E-state index in [1.807, 2.05) is 0 Å². The topological polar surface area (TPSA) is 21.3 Å². The SMILES string of the molecule is CCOC1CC(NCCc2cccc(C)c2)C12CCCC2. The van der Waals surface area contributed by atoms with E-state index in [0.29, 0.717) is 17.6 Å². The molecule has 21 heavy (non-hydrogen) atoms. The fraction of sp³-hybridized carbons (Fsp3) is 0.684. The van der Waals surface area contributed by atoms with Gasteiger partial charge in [-0.25, -0.2) is 0 Å². The number of hydrogen-bond acceptors (Lipinski definition) is 2. The molecule has 2 fully saturated rings. The van der Waals surface area contributed by atoms with Crippen LogP contribution in [0.5, 0.6) is 0 Å². The minimum Gasteiger partial charge on any atom is -0.378 e. The molecule has 0 amide bonds. The van der Waals surface area contributed by atoms with E-state index in [0.717, 1.165) is 19.6 Å². The van der Waals surface area contributed by atoms with Gasteiger partial charge in [-0.1, -0.05) is 42.7 Å². The molecule has 2 aliphatic carbocycles. The van der Waals surface area contributed by atoms with Crippen LogP contribution in [-0.4, -0.2) is 25.3 Å². The normalized spacial score (nSPS) is 27.0. The molecule has 1 aromatic carbocycles. The van der Waals surface area contributed by atoms with Gasteiger partial charge in [-0.05, 0) is 51.6 Å². The van der Waals surface area contributed by atoms with Crippen molar-refractivity contribution in [3.8, 4) is 0 Å². The molecule has 1 aromatic rings. The van der Waals surface area contributed by atoms with Crippen molar-refractivity contribution in [2.24, 2.45) is 5.41 Å². The van der Waals surface area contributed by atoms with Crippen molar-refractivity contribution in [3.63, 3.8) is 0 Å². The third kappa shape index (κ3) is 3.02. The molecule has 2 heteroatoms. The fourth-order valence-corrected chi connectivity index (χ4v) is 4.43. The summed E-state index contributed by atoms with van der Waals surface area (Å²) >= 11 is 0. The molecule has 0 heterocycles. The third-order valence-corrected chi connectivity index (χ3v) is 5.57. The number of ether oxygens (including phenoxy) is 1. The average molecular weight is 287 g/mol. The number of nitrogens with one attached hydrogen (secondary N) is 1. The lowest BCUT2D eigenvalue weighted by molar-refractivity contribution is -0.130. The average Bonchev–Trinajstić information content (AvgIpc) is 2.98. The molecular formula is C19H29NO. The zero-order valence-electron chi connectivity index (χ0n) is 13.5. The summed E-state index contributed by atoms with van der Waals surface area (Å²) in [6, 6.07) is 9.56. The Morgan fingerprint density at radius 2 is 2.10 bits per heavy atom. The summed E-state index contributed by atoms with van der Waals surface area (Å²) in [5.74, 6) is 0. The van der Waals surface area contributed by atoms with Crippen LogP contribution in [0.1, 0.15) is 50.2 Å². The summed E-state index contributed by atoms with van der Waals surface area (Å²) in [5.41, 5.74) is 3.27. The predicted molar refractivity (Wildman–Crippen MR) is 87.6 cm³/mol. The van der Waals surface area contributed by atoms with Crippen LogP contribution in [0.2, 0.25) is 0 Å². The van der Waals surface area contributed by atoms with Gasteiger partial charge >= 0.3 is 0 Å². The minimum absolute atomic E-state index is 0.461. The molecule has 0 aliphatic heterocycles. The molecule has 2 nitrogen and oxygen atoms in total. The maximum atomic E-state index is 5.99. The van der Waals surface area contributed by atoms with Crippen molar-refractivity contribution in [2.45, 2.75) is 64.5 Å². The second-order valence-electron chi connectivity index (χ2n) is 6.87. The van der Waals surface area contributed by atoms with Crippen molar-refractivity contribution in [3.05, 3.63) is 35.4 Å². The number of benzene rings is 1. The van der Waals surface area contributed by atoms with E-state index < -0.39 is 0 Å². The molecule has 116 valence electrons. The van der Waals surface area contributed by atoms with Gasteiger partial charge in [0.25, 0.3) is 0 Å². The lowest BCUT2D eigenvalue weighted by atomic mass is 9.60. The maximum absolute atomic E-state index is 5.99. The highest BCUT2D eigenvalue weighted by Gasteiger charge is 2.56. The number of rotatable bonds is 6. The molecule has 2 unspecified atom stereocenters. The molecule has 2 saturated carbocycles. The van der Waals surface area contributed by atoms with Crippen molar-refractivity contribution >= 4 is 0 Å². The quantitative estimate of drug-likeness (QED) is 0.857. The van der Waals surface area contributed by atoms with Crippen LogP contribution in [0.3, 0.4) is 0 Å². The Morgan fingerprint density at radius 3 is 2.81 bits per heavy atom. The number of hydrogen-bond donors (Lipinski definition) is 1. The van der Waals surface area contributed by atoms with Crippen LogP contribution in [0.15, 0.2) is 24.3 Å². The largest absolute Gasteiger partial charge is 0.378 e. The van der Waals surface area contributed by atoms with E-state index in [1.54, 1.807) is 0 Å². The summed E-state index contributed by atoms with van der Waals surface area (Å²) in [4.78, 5) is 0. The van der Waals surface area contributed by atoms with E-state index in [1.165, 1.54) is 43.2 Å². The maximum Gasteiger partial charge on any atom is 0.0661 e. The van der Waals surface area contributed by atoms with Gasteiger partial charge in [0.15, 0.2) is 0 Å². The summed E-state index contributed by atoms with van der Waals surface area (Å²) in [6.45, 7) is 6.25. The molecule has 1 spiro atoms. The van der Waals surface area contributed by atoms with E-state index >= 15 is 0 Å². The zero-order chi connectivity index (χ0) is 14.7. The summed E-state index contributed by atoms with van der Waals surface area (Å²) < 4.78 is 5.99. The Kier molecular flexibility index (Phi) is 4.66. The Balaban J connectivity index is 1.51. The van der Waals surface area contributed by atoms with Gasteiger partial charge in [-0.2, -0.15) is 0 Å². The summed E-state index contributed by atoms with van der Waals surface area (Å²) in [7, 11) is 0. The molecule has 0 bridgehead atoms. The predicted octanol–water partition coefficient (Wildman–Crippen LogP) is 3.86. The minimum atomic E-state index is 0.461. The molecular weight excluding hydrogens is 258 g/mol. The van der Waals surface area contributed by atoms with E-state index in [-0.39, 0.29) is 0 Å². The van der Waals surface area contributed by atoms with Gasteiger partial charge in [0.2, 0.25) is 0 Å².